The number of halogens is 1. The van der Waals surface area contributed by atoms with E-state index in [4.69, 9.17) is 22.1 Å². The molecule has 0 spiro atoms. The molecule has 21 heavy (non-hydrogen) atoms. The standard InChI is InChI=1S/C16H17ClN2O2/c1-21-13-4-2-3-11(9-13)7-8-19-16(20)14-10-12(17)5-6-15(14)18/h2-6,9-10H,7-8,18H2,1H3,(H,19,20). The minimum Gasteiger partial charge on any atom is -0.497 e. The third kappa shape index (κ3) is 4.13. The largest absolute Gasteiger partial charge is 0.497 e. The third-order valence-electron chi connectivity index (χ3n) is 3.09. The minimum absolute atomic E-state index is 0.224. The van der Waals surface area contributed by atoms with Crippen LogP contribution in [0.1, 0.15) is 15.9 Å². The lowest BCUT2D eigenvalue weighted by atomic mass is 10.1. The fourth-order valence-electron chi connectivity index (χ4n) is 1.97. The summed E-state index contributed by atoms with van der Waals surface area (Å²) >= 11 is 5.87. The molecule has 0 unspecified atom stereocenters. The van der Waals surface area contributed by atoms with Crippen molar-refractivity contribution in [1.82, 2.24) is 5.32 Å². The molecule has 2 aromatic carbocycles. The number of benzene rings is 2. The van der Waals surface area contributed by atoms with Crippen LogP contribution in [0.2, 0.25) is 5.02 Å². The van der Waals surface area contributed by atoms with Crippen LogP contribution >= 0.6 is 11.6 Å². The molecule has 0 heterocycles. The molecule has 0 bridgehead atoms. The molecule has 4 nitrogen and oxygen atoms in total. The second-order valence-electron chi connectivity index (χ2n) is 4.59. The van der Waals surface area contributed by atoms with E-state index in [9.17, 15) is 4.79 Å². The van der Waals surface area contributed by atoms with E-state index in [1.807, 2.05) is 24.3 Å². The first-order chi connectivity index (χ1) is 10.1. The number of rotatable bonds is 5. The van der Waals surface area contributed by atoms with Gasteiger partial charge in [0, 0.05) is 17.3 Å². The Morgan fingerprint density at radius 1 is 1.29 bits per heavy atom. The Morgan fingerprint density at radius 3 is 2.86 bits per heavy atom. The molecule has 0 aliphatic rings. The molecular weight excluding hydrogens is 288 g/mol. The van der Waals surface area contributed by atoms with Crippen molar-refractivity contribution in [2.24, 2.45) is 0 Å². The van der Waals surface area contributed by atoms with Crippen LogP contribution in [0.4, 0.5) is 5.69 Å². The Morgan fingerprint density at radius 2 is 2.10 bits per heavy atom. The quantitative estimate of drug-likeness (QED) is 0.835. The maximum absolute atomic E-state index is 12.1. The van der Waals surface area contributed by atoms with E-state index in [0.29, 0.717) is 29.2 Å². The first-order valence-electron chi connectivity index (χ1n) is 6.56. The fraction of sp³-hybridized carbons (Fsp3) is 0.188. The summed E-state index contributed by atoms with van der Waals surface area (Å²) in [5, 5.41) is 3.32. The zero-order chi connectivity index (χ0) is 15.2. The number of ether oxygens (including phenoxy) is 1. The highest BCUT2D eigenvalue weighted by Crippen LogP contribution is 2.18. The number of anilines is 1. The number of nitrogen functional groups attached to an aromatic ring is 1. The lowest BCUT2D eigenvalue weighted by Crippen LogP contribution is -2.26. The highest BCUT2D eigenvalue weighted by molar-refractivity contribution is 6.31. The minimum atomic E-state index is -0.224. The molecular formula is C16H17ClN2O2. The molecule has 0 atom stereocenters. The van der Waals surface area contributed by atoms with Crippen LogP contribution in [0, 0.1) is 0 Å². The molecule has 0 saturated carbocycles. The number of nitrogens with two attached hydrogens (primary N) is 1. The smallest absolute Gasteiger partial charge is 0.253 e. The maximum atomic E-state index is 12.1. The maximum Gasteiger partial charge on any atom is 0.253 e. The molecule has 110 valence electrons. The third-order valence-corrected chi connectivity index (χ3v) is 3.33. The number of carbonyl (C=O) groups is 1. The van der Waals surface area contributed by atoms with E-state index >= 15 is 0 Å². The summed E-state index contributed by atoms with van der Waals surface area (Å²) in [5.41, 5.74) is 7.68. The van der Waals surface area contributed by atoms with Crippen molar-refractivity contribution in [1.29, 1.82) is 0 Å². The van der Waals surface area contributed by atoms with Crippen molar-refractivity contribution in [2.45, 2.75) is 6.42 Å². The Hall–Kier alpha value is -2.20. The predicted octanol–water partition coefficient (Wildman–Crippen LogP) is 2.90. The summed E-state index contributed by atoms with van der Waals surface area (Å²) < 4.78 is 5.16. The Labute approximate surface area is 128 Å². The summed E-state index contributed by atoms with van der Waals surface area (Å²) in [7, 11) is 1.63. The first-order valence-corrected chi connectivity index (χ1v) is 6.94. The topological polar surface area (TPSA) is 64.3 Å². The van der Waals surface area contributed by atoms with Crippen LogP contribution < -0.4 is 15.8 Å². The van der Waals surface area contributed by atoms with Crippen LogP contribution in [0.25, 0.3) is 0 Å². The molecule has 0 aliphatic carbocycles. The van der Waals surface area contributed by atoms with Crippen molar-refractivity contribution in [3.8, 4) is 5.75 Å². The number of nitrogens with one attached hydrogen (secondary N) is 1. The Kier molecular flexibility index (Phi) is 5.06. The lowest BCUT2D eigenvalue weighted by Gasteiger charge is -2.08. The molecule has 5 heteroatoms. The summed E-state index contributed by atoms with van der Waals surface area (Å²) in [4.78, 5) is 12.1. The second-order valence-corrected chi connectivity index (χ2v) is 5.03. The van der Waals surface area contributed by atoms with Gasteiger partial charge >= 0.3 is 0 Å². The van der Waals surface area contributed by atoms with Gasteiger partial charge in [0.1, 0.15) is 5.75 Å². The molecule has 0 radical (unpaired) electrons. The highest BCUT2D eigenvalue weighted by Gasteiger charge is 2.09. The second kappa shape index (κ2) is 6.99. The van der Waals surface area contributed by atoms with Crippen molar-refractivity contribution in [2.75, 3.05) is 19.4 Å². The van der Waals surface area contributed by atoms with Gasteiger partial charge in [0.25, 0.3) is 5.91 Å². The molecule has 1 amide bonds. The number of carbonyl (C=O) groups excluding carboxylic acids is 1. The number of hydrogen-bond donors (Lipinski definition) is 2. The van der Waals surface area contributed by atoms with Gasteiger partial charge in [-0.3, -0.25) is 4.79 Å². The van der Waals surface area contributed by atoms with Gasteiger partial charge in [0.2, 0.25) is 0 Å². The summed E-state index contributed by atoms with van der Waals surface area (Å²) in [6.45, 7) is 0.512. The lowest BCUT2D eigenvalue weighted by molar-refractivity contribution is 0.0955. The van der Waals surface area contributed by atoms with Gasteiger partial charge in [0.05, 0.1) is 12.7 Å². The van der Waals surface area contributed by atoms with Crippen molar-refractivity contribution < 1.29 is 9.53 Å². The van der Waals surface area contributed by atoms with Crippen molar-refractivity contribution in [3.05, 3.63) is 58.6 Å². The molecule has 0 aromatic heterocycles. The molecule has 3 N–H and O–H groups in total. The molecule has 0 aliphatic heterocycles. The van der Waals surface area contributed by atoms with Gasteiger partial charge in [-0.2, -0.15) is 0 Å². The molecule has 2 aromatic rings. The number of hydrogen-bond acceptors (Lipinski definition) is 3. The average molecular weight is 305 g/mol. The van der Waals surface area contributed by atoms with E-state index in [0.717, 1.165) is 11.3 Å². The van der Waals surface area contributed by atoms with Gasteiger partial charge in [-0.05, 0) is 42.3 Å². The highest BCUT2D eigenvalue weighted by atomic mass is 35.5. The van der Waals surface area contributed by atoms with Gasteiger partial charge in [-0.1, -0.05) is 23.7 Å². The molecule has 2 rings (SSSR count). The zero-order valence-electron chi connectivity index (χ0n) is 11.7. The van der Waals surface area contributed by atoms with E-state index in [2.05, 4.69) is 5.32 Å². The van der Waals surface area contributed by atoms with Gasteiger partial charge in [-0.25, -0.2) is 0 Å². The SMILES string of the molecule is COc1cccc(CCNC(=O)c2cc(Cl)ccc2N)c1. The van der Waals surface area contributed by atoms with E-state index in [-0.39, 0.29) is 5.91 Å². The van der Waals surface area contributed by atoms with Crippen LogP contribution in [-0.4, -0.2) is 19.6 Å². The summed E-state index contributed by atoms with van der Waals surface area (Å²) in [6.07, 6.45) is 0.712. The monoisotopic (exact) mass is 304 g/mol. The predicted molar refractivity (Wildman–Crippen MR) is 84.9 cm³/mol. The van der Waals surface area contributed by atoms with Gasteiger partial charge in [-0.15, -0.1) is 0 Å². The summed E-state index contributed by atoms with van der Waals surface area (Å²) in [5.74, 6) is 0.579. The van der Waals surface area contributed by atoms with Crippen LogP contribution in [0.5, 0.6) is 5.75 Å². The van der Waals surface area contributed by atoms with Crippen LogP contribution in [-0.2, 0) is 6.42 Å². The first kappa shape index (κ1) is 15.2. The Bertz CT molecular complexity index is 644. The van der Waals surface area contributed by atoms with Gasteiger partial charge in [0.15, 0.2) is 0 Å². The van der Waals surface area contributed by atoms with Crippen LogP contribution in [0.3, 0.4) is 0 Å². The normalized spacial score (nSPS) is 10.2. The van der Waals surface area contributed by atoms with E-state index in [1.54, 1.807) is 25.3 Å². The number of methoxy groups -OCH3 is 1. The van der Waals surface area contributed by atoms with E-state index in [1.165, 1.54) is 0 Å². The average Bonchev–Trinajstić information content (AvgIpc) is 2.49. The number of amides is 1. The van der Waals surface area contributed by atoms with Crippen LogP contribution in [0.15, 0.2) is 42.5 Å². The zero-order valence-corrected chi connectivity index (χ0v) is 12.5. The van der Waals surface area contributed by atoms with E-state index < -0.39 is 0 Å². The fourth-order valence-corrected chi connectivity index (χ4v) is 2.14. The van der Waals surface area contributed by atoms with Gasteiger partial charge < -0.3 is 15.8 Å². The van der Waals surface area contributed by atoms with Crippen molar-refractivity contribution >= 4 is 23.2 Å². The Balaban J connectivity index is 1.93. The molecule has 0 fully saturated rings. The van der Waals surface area contributed by atoms with Crippen molar-refractivity contribution in [3.63, 3.8) is 0 Å². The molecule has 0 saturated heterocycles. The summed E-state index contributed by atoms with van der Waals surface area (Å²) in [6, 6.07) is 12.6.